The van der Waals surface area contributed by atoms with Gasteiger partial charge in [0.05, 0.1) is 0 Å². The van der Waals surface area contributed by atoms with Crippen LogP contribution >= 0.6 is 11.6 Å². The lowest BCUT2D eigenvalue weighted by molar-refractivity contribution is 1.16. The van der Waals surface area contributed by atoms with Gasteiger partial charge in [0.2, 0.25) is 0 Å². The van der Waals surface area contributed by atoms with Crippen LogP contribution in [0.5, 0.6) is 0 Å². The normalized spacial score (nSPS) is 10.0. The zero-order valence-electron chi connectivity index (χ0n) is 5.65. The van der Waals surface area contributed by atoms with Gasteiger partial charge in [-0.05, 0) is 12.5 Å². The zero-order chi connectivity index (χ0) is 7.28. The maximum Gasteiger partial charge on any atom is 0.0334 e. The Morgan fingerprint density at radius 1 is 1.44 bits per heavy atom. The fraction of sp³-hybridized carbons (Fsp3) is 0.250. The summed E-state index contributed by atoms with van der Waals surface area (Å²) in [6.07, 6.45) is 4.57. The summed E-state index contributed by atoms with van der Waals surface area (Å²) in [5, 5.41) is 0.546. The van der Waals surface area contributed by atoms with E-state index in [9.17, 15) is 0 Å². The van der Waals surface area contributed by atoms with E-state index in [-0.39, 0.29) is 0 Å². The number of allylic oxidation sites excluding steroid dienone is 4. The maximum atomic E-state index is 5.46. The Morgan fingerprint density at radius 2 is 2.00 bits per heavy atom. The first-order chi connectivity index (χ1) is 4.16. The molecule has 0 atom stereocenters. The minimum absolute atomic E-state index is 0.546. The van der Waals surface area contributed by atoms with Gasteiger partial charge in [-0.15, -0.1) is 0 Å². The van der Waals surface area contributed by atoms with Crippen molar-refractivity contribution in [3.05, 3.63) is 35.9 Å². The van der Waals surface area contributed by atoms with E-state index in [0.29, 0.717) is 5.03 Å². The van der Waals surface area contributed by atoms with Gasteiger partial charge in [-0.1, -0.05) is 43.3 Å². The third kappa shape index (κ3) is 5.38. The largest absolute Gasteiger partial charge is 0.0958 e. The summed E-state index contributed by atoms with van der Waals surface area (Å²) in [7, 11) is 0. The van der Waals surface area contributed by atoms with Crippen molar-refractivity contribution in [2.24, 2.45) is 0 Å². The van der Waals surface area contributed by atoms with Crippen molar-refractivity contribution < 1.29 is 0 Å². The van der Waals surface area contributed by atoms with Gasteiger partial charge in [0, 0.05) is 5.03 Å². The van der Waals surface area contributed by atoms with E-state index in [1.54, 1.807) is 6.08 Å². The molecule has 1 heteroatoms. The minimum Gasteiger partial charge on any atom is -0.0958 e. The lowest BCUT2D eigenvalue weighted by Gasteiger charge is -1.88. The summed E-state index contributed by atoms with van der Waals surface area (Å²) < 4.78 is 0. The SMILES string of the molecule is C=C(Cl)/C=C\C(=C)CC. The molecule has 0 rings (SSSR count). The molecule has 0 fully saturated rings. The van der Waals surface area contributed by atoms with Crippen LogP contribution in [0.3, 0.4) is 0 Å². The van der Waals surface area contributed by atoms with Crippen LogP contribution in [0.2, 0.25) is 0 Å². The lowest BCUT2D eigenvalue weighted by Crippen LogP contribution is -1.67. The third-order valence-corrected chi connectivity index (χ3v) is 1.08. The van der Waals surface area contributed by atoms with E-state index in [0.717, 1.165) is 12.0 Å². The first kappa shape index (κ1) is 8.51. The van der Waals surface area contributed by atoms with Crippen molar-refractivity contribution in [2.45, 2.75) is 13.3 Å². The van der Waals surface area contributed by atoms with Crippen molar-refractivity contribution >= 4 is 11.6 Å². The molecule has 0 aliphatic heterocycles. The molecule has 50 valence electrons. The molecule has 0 N–H and O–H groups in total. The molecule has 0 bridgehead atoms. The Labute approximate surface area is 61.5 Å². The Morgan fingerprint density at radius 3 is 2.33 bits per heavy atom. The molecule has 0 aromatic carbocycles. The van der Waals surface area contributed by atoms with E-state index in [1.165, 1.54) is 0 Å². The van der Waals surface area contributed by atoms with E-state index < -0.39 is 0 Å². The topological polar surface area (TPSA) is 0 Å². The molecular weight excluding hydrogens is 132 g/mol. The first-order valence-electron chi connectivity index (χ1n) is 2.87. The Kier molecular flexibility index (Phi) is 4.16. The van der Waals surface area contributed by atoms with Crippen LogP contribution in [0.15, 0.2) is 35.9 Å². The van der Waals surface area contributed by atoms with Crippen molar-refractivity contribution in [1.29, 1.82) is 0 Å². The molecule has 0 aromatic heterocycles. The van der Waals surface area contributed by atoms with Crippen molar-refractivity contribution in [3.63, 3.8) is 0 Å². The molecule has 9 heavy (non-hydrogen) atoms. The average molecular weight is 143 g/mol. The molecule has 0 spiro atoms. The van der Waals surface area contributed by atoms with Crippen LogP contribution < -0.4 is 0 Å². The summed E-state index contributed by atoms with van der Waals surface area (Å²) in [5.74, 6) is 0. The molecule has 0 aliphatic carbocycles. The molecule has 0 aliphatic rings. The summed E-state index contributed by atoms with van der Waals surface area (Å²) in [4.78, 5) is 0. The molecule has 0 amide bonds. The van der Waals surface area contributed by atoms with Crippen LogP contribution in [0, 0.1) is 0 Å². The highest BCUT2D eigenvalue weighted by atomic mass is 35.5. The number of halogens is 1. The highest BCUT2D eigenvalue weighted by Crippen LogP contribution is 2.03. The van der Waals surface area contributed by atoms with Gasteiger partial charge in [-0.3, -0.25) is 0 Å². The number of hydrogen-bond acceptors (Lipinski definition) is 0. The summed E-state index contributed by atoms with van der Waals surface area (Å²) >= 11 is 5.46. The Bertz CT molecular complexity index is 143. The lowest BCUT2D eigenvalue weighted by atomic mass is 10.2. The second kappa shape index (κ2) is 4.39. The van der Waals surface area contributed by atoms with Crippen LogP contribution in [-0.4, -0.2) is 0 Å². The Balaban J connectivity index is 3.71. The minimum atomic E-state index is 0.546. The van der Waals surface area contributed by atoms with Gasteiger partial charge >= 0.3 is 0 Å². The molecule has 0 saturated carbocycles. The van der Waals surface area contributed by atoms with E-state index in [4.69, 9.17) is 11.6 Å². The van der Waals surface area contributed by atoms with Gasteiger partial charge in [0.1, 0.15) is 0 Å². The predicted octanol–water partition coefficient (Wildman–Crippen LogP) is 3.26. The fourth-order valence-electron chi connectivity index (χ4n) is 0.326. The number of hydrogen-bond donors (Lipinski definition) is 0. The van der Waals surface area contributed by atoms with Crippen LogP contribution in [0.4, 0.5) is 0 Å². The molecular formula is C8H11Cl. The van der Waals surface area contributed by atoms with Gasteiger partial charge in [0.15, 0.2) is 0 Å². The first-order valence-corrected chi connectivity index (χ1v) is 3.25. The monoisotopic (exact) mass is 142 g/mol. The van der Waals surface area contributed by atoms with Gasteiger partial charge < -0.3 is 0 Å². The summed E-state index contributed by atoms with van der Waals surface area (Å²) in [5.41, 5.74) is 1.07. The predicted molar refractivity (Wildman–Crippen MR) is 43.6 cm³/mol. The van der Waals surface area contributed by atoms with Gasteiger partial charge in [-0.25, -0.2) is 0 Å². The second-order valence-corrected chi connectivity index (χ2v) is 2.28. The maximum absolute atomic E-state index is 5.46. The van der Waals surface area contributed by atoms with Gasteiger partial charge in [-0.2, -0.15) is 0 Å². The second-order valence-electron chi connectivity index (χ2n) is 1.79. The average Bonchev–Trinajstić information content (AvgIpc) is 1.83. The van der Waals surface area contributed by atoms with Crippen molar-refractivity contribution in [1.82, 2.24) is 0 Å². The quantitative estimate of drug-likeness (QED) is 0.531. The molecule has 0 saturated heterocycles. The fourth-order valence-corrected chi connectivity index (χ4v) is 0.389. The van der Waals surface area contributed by atoms with Crippen molar-refractivity contribution in [3.8, 4) is 0 Å². The zero-order valence-corrected chi connectivity index (χ0v) is 6.41. The Hall–Kier alpha value is -0.490. The highest BCUT2D eigenvalue weighted by molar-refractivity contribution is 6.30. The molecule has 0 radical (unpaired) electrons. The summed E-state index contributed by atoms with van der Waals surface area (Å²) in [6, 6.07) is 0. The molecule has 0 heterocycles. The highest BCUT2D eigenvalue weighted by Gasteiger charge is 1.80. The van der Waals surface area contributed by atoms with Crippen LogP contribution in [0.25, 0.3) is 0 Å². The van der Waals surface area contributed by atoms with E-state index in [2.05, 4.69) is 13.2 Å². The van der Waals surface area contributed by atoms with Gasteiger partial charge in [0.25, 0.3) is 0 Å². The smallest absolute Gasteiger partial charge is 0.0334 e. The molecule has 0 aromatic rings. The molecule has 0 nitrogen and oxygen atoms in total. The summed E-state index contributed by atoms with van der Waals surface area (Å²) in [6.45, 7) is 9.30. The van der Waals surface area contributed by atoms with Crippen LogP contribution in [-0.2, 0) is 0 Å². The van der Waals surface area contributed by atoms with Crippen molar-refractivity contribution in [2.75, 3.05) is 0 Å². The van der Waals surface area contributed by atoms with E-state index in [1.807, 2.05) is 13.0 Å². The van der Waals surface area contributed by atoms with Crippen LogP contribution in [0.1, 0.15) is 13.3 Å². The number of rotatable bonds is 3. The third-order valence-electron chi connectivity index (χ3n) is 0.954. The van der Waals surface area contributed by atoms with E-state index >= 15 is 0 Å². The standard InChI is InChI=1S/C8H11Cl/c1-4-7(2)5-6-8(3)9/h5-6H,2-4H2,1H3/b6-5-. The molecule has 0 unspecified atom stereocenters.